The summed E-state index contributed by atoms with van der Waals surface area (Å²) in [4.78, 5) is 10.9. The Morgan fingerprint density at radius 2 is 1.74 bits per heavy atom. The van der Waals surface area contributed by atoms with Gasteiger partial charge in [0.1, 0.15) is 0 Å². The number of carboxylic acids is 1. The molecule has 0 unspecified atom stereocenters. The number of rotatable bonds is 5. The van der Waals surface area contributed by atoms with Gasteiger partial charge in [-0.05, 0) is 63.8 Å². The van der Waals surface area contributed by atoms with Crippen LogP contribution in [0.15, 0.2) is 0 Å². The van der Waals surface area contributed by atoms with E-state index in [-0.39, 0.29) is 5.92 Å². The van der Waals surface area contributed by atoms with Gasteiger partial charge in [0.25, 0.3) is 0 Å². The number of carboxylic acid groups (broad SMARTS) is 1. The Morgan fingerprint density at radius 3 is 2.26 bits per heavy atom. The molecule has 0 atom stereocenters. The van der Waals surface area contributed by atoms with Crippen LogP contribution in [-0.2, 0) is 9.53 Å². The van der Waals surface area contributed by atoms with Gasteiger partial charge in [-0.3, -0.25) is 4.79 Å². The number of aliphatic carboxylic acids is 1. The van der Waals surface area contributed by atoms with E-state index in [2.05, 4.69) is 5.32 Å². The normalized spacial score (nSPS) is 36.1. The molecule has 0 heterocycles. The molecule has 19 heavy (non-hydrogen) atoms. The van der Waals surface area contributed by atoms with E-state index in [0.29, 0.717) is 18.1 Å². The highest BCUT2D eigenvalue weighted by Gasteiger charge is 2.27. The van der Waals surface area contributed by atoms with Crippen LogP contribution in [-0.4, -0.2) is 36.9 Å². The van der Waals surface area contributed by atoms with Crippen molar-refractivity contribution in [2.75, 3.05) is 13.7 Å². The van der Waals surface area contributed by atoms with Gasteiger partial charge in [0.2, 0.25) is 0 Å². The number of nitrogens with one attached hydrogen (secondary N) is 1. The monoisotopic (exact) mass is 269 g/mol. The standard InChI is InChI=1S/C15H27NO3/c1-19-14-8-6-13(7-9-14)16-10-11-2-4-12(5-3-11)15(17)18/h11-14,16H,2-10H2,1H3,(H,17,18). The average molecular weight is 269 g/mol. The molecular formula is C15H27NO3. The Balaban J connectivity index is 1.61. The summed E-state index contributed by atoms with van der Waals surface area (Å²) in [6, 6.07) is 0.642. The summed E-state index contributed by atoms with van der Waals surface area (Å²) in [7, 11) is 1.80. The number of hydrogen-bond acceptors (Lipinski definition) is 3. The first-order valence-electron chi connectivity index (χ1n) is 7.68. The molecule has 2 aliphatic carbocycles. The molecule has 2 saturated carbocycles. The molecule has 110 valence electrons. The average Bonchev–Trinajstić information content (AvgIpc) is 2.46. The summed E-state index contributed by atoms with van der Waals surface area (Å²) in [6.07, 6.45) is 9.07. The van der Waals surface area contributed by atoms with Gasteiger partial charge in [0, 0.05) is 13.2 Å². The molecule has 0 aromatic carbocycles. The third kappa shape index (κ3) is 4.46. The molecule has 0 radical (unpaired) electrons. The van der Waals surface area contributed by atoms with Crippen LogP contribution in [0.3, 0.4) is 0 Å². The van der Waals surface area contributed by atoms with Gasteiger partial charge in [-0.15, -0.1) is 0 Å². The Kier molecular flexibility index (Phi) is 5.64. The maximum atomic E-state index is 10.9. The minimum Gasteiger partial charge on any atom is -0.481 e. The van der Waals surface area contributed by atoms with Crippen molar-refractivity contribution in [3.05, 3.63) is 0 Å². The minimum atomic E-state index is -0.607. The second-order valence-corrected chi connectivity index (χ2v) is 6.17. The van der Waals surface area contributed by atoms with E-state index in [0.717, 1.165) is 32.2 Å². The van der Waals surface area contributed by atoms with Crippen molar-refractivity contribution >= 4 is 5.97 Å². The van der Waals surface area contributed by atoms with Crippen LogP contribution < -0.4 is 5.32 Å². The zero-order chi connectivity index (χ0) is 13.7. The Morgan fingerprint density at radius 1 is 1.11 bits per heavy atom. The molecular weight excluding hydrogens is 242 g/mol. The number of carbonyl (C=O) groups is 1. The number of ether oxygens (including phenoxy) is 1. The molecule has 2 aliphatic rings. The van der Waals surface area contributed by atoms with E-state index in [9.17, 15) is 4.79 Å². The van der Waals surface area contributed by atoms with Gasteiger partial charge >= 0.3 is 5.97 Å². The van der Waals surface area contributed by atoms with E-state index in [1.54, 1.807) is 7.11 Å². The molecule has 2 N–H and O–H groups in total. The maximum absolute atomic E-state index is 10.9. The van der Waals surface area contributed by atoms with E-state index in [4.69, 9.17) is 9.84 Å². The predicted molar refractivity (Wildman–Crippen MR) is 74.1 cm³/mol. The molecule has 2 fully saturated rings. The lowest BCUT2D eigenvalue weighted by Gasteiger charge is -2.31. The van der Waals surface area contributed by atoms with Gasteiger partial charge in [-0.1, -0.05) is 0 Å². The highest BCUT2D eigenvalue weighted by Crippen LogP contribution is 2.29. The first kappa shape index (κ1) is 14.8. The molecule has 0 aliphatic heterocycles. The molecule has 4 nitrogen and oxygen atoms in total. The lowest BCUT2D eigenvalue weighted by atomic mass is 9.81. The van der Waals surface area contributed by atoms with E-state index >= 15 is 0 Å². The van der Waals surface area contributed by atoms with E-state index in [1.807, 2.05) is 0 Å². The van der Waals surface area contributed by atoms with E-state index < -0.39 is 5.97 Å². The molecule has 4 heteroatoms. The van der Waals surface area contributed by atoms with Crippen LogP contribution in [0, 0.1) is 11.8 Å². The fraction of sp³-hybridized carbons (Fsp3) is 0.933. The van der Waals surface area contributed by atoms with Crippen LogP contribution >= 0.6 is 0 Å². The quantitative estimate of drug-likeness (QED) is 0.805. The van der Waals surface area contributed by atoms with Gasteiger partial charge in [-0.25, -0.2) is 0 Å². The van der Waals surface area contributed by atoms with Crippen molar-refractivity contribution in [1.82, 2.24) is 5.32 Å². The summed E-state index contributed by atoms with van der Waals surface area (Å²) in [5.41, 5.74) is 0. The van der Waals surface area contributed by atoms with E-state index in [1.165, 1.54) is 25.7 Å². The van der Waals surface area contributed by atoms with Crippen molar-refractivity contribution in [2.24, 2.45) is 11.8 Å². The first-order chi connectivity index (χ1) is 9.19. The number of methoxy groups -OCH3 is 1. The molecule has 0 saturated heterocycles. The van der Waals surface area contributed by atoms with Gasteiger partial charge in [0.15, 0.2) is 0 Å². The molecule has 0 aromatic heterocycles. The van der Waals surface area contributed by atoms with Crippen molar-refractivity contribution < 1.29 is 14.6 Å². The fourth-order valence-electron chi connectivity index (χ4n) is 3.45. The molecule has 2 rings (SSSR count). The topological polar surface area (TPSA) is 58.6 Å². The second kappa shape index (κ2) is 7.25. The minimum absolute atomic E-state index is 0.0895. The summed E-state index contributed by atoms with van der Waals surface area (Å²) in [5, 5.41) is 12.7. The largest absolute Gasteiger partial charge is 0.481 e. The molecule has 0 aromatic rings. The first-order valence-corrected chi connectivity index (χ1v) is 7.68. The number of hydrogen-bond donors (Lipinski definition) is 2. The van der Waals surface area contributed by atoms with Crippen LogP contribution in [0.25, 0.3) is 0 Å². The van der Waals surface area contributed by atoms with Crippen LogP contribution in [0.5, 0.6) is 0 Å². The van der Waals surface area contributed by atoms with Crippen molar-refractivity contribution in [2.45, 2.75) is 63.5 Å². The summed E-state index contributed by atoms with van der Waals surface area (Å²) in [5.74, 6) is -0.0200. The highest BCUT2D eigenvalue weighted by atomic mass is 16.5. The SMILES string of the molecule is COC1CCC(NCC2CCC(C(=O)O)CC2)CC1. The zero-order valence-electron chi connectivity index (χ0n) is 11.9. The van der Waals surface area contributed by atoms with Crippen LogP contribution in [0.1, 0.15) is 51.4 Å². The molecule has 0 bridgehead atoms. The van der Waals surface area contributed by atoms with Crippen molar-refractivity contribution in [3.8, 4) is 0 Å². The second-order valence-electron chi connectivity index (χ2n) is 6.17. The third-order valence-corrected chi connectivity index (χ3v) is 4.90. The van der Waals surface area contributed by atoms with Gasteiger partial charge in [-0.2, -0.15) is 0 Å². The van der Waals surface area contributed by atoms with Crippen LogP contribution in [0.2, 0.25) is 0 Å². The lowest BCUT2D eigenvalue weighted by Crippen LogP contribution is -2.38. The predicted octanol–water partition coefficient (Wildman–Crippen LogP) is 2.42. The fourth-order valence-corrected chi connectivity index (χ4v) is 3.45. The van der Waals surface area contributed by atoms with Crippen LogP contribution in [0.4, 0.5) is 0 Å². The molecule has 0 spiro atoms. The van der Waals surface area contributed by atoms with Crippen molar-refractivity contribution in [3.63, 3.8) is 0 Å². The summed E-state index contributed by atoms with van der Waals surface area (Å²) < 4.78 is 5.38. The Hall–Kier alpha value is -0.610. The lowest BCUT2D eigenvalue weighted by molar-refractivity contribution is -0.143. The maximum Gasteiger partial charge on any atom is 0.306 e. The Labute approximate surface area is 115 Å². The van der Waals surface area contributed by atoms with Crippen molar-refractivity contribution in [1.29, 1.82) is 0 Å². The highest BCUT2D eigenvalue weighted by molar-refractivity contribution is 5.69. The Bertz CT molecular complexity index is 279. The summed E-state index contributed by atoms with van der Waals surface area (Å²) in [6.45, 7) is 1.06. The molecule has 0 amide bonds. The zero-order valence-corrected chi connectivity index (χ0v) is 11.9. The smallest absolute Gasteiger partial charge is 0.306 e. The summed E-state index contributed by atoms with van der Waals surface area (Å²) >= 11 is 0. The van der Waals surface area contributed by atoms with Gasteiger partial charge in [0.05, 0.1) is 12.0 Å². The van der Waals surface area contributed by atoms with Gasteiger partial charge < -0.3 is 15.2 Å². The third-order valence-electron chi connectivity index (χ3n) is 4.90.